The molecule has 8 heteroatoms. The van der Waals surface area contributed by atoms with Crippen LogP contribution in [0, 0.1) is 0 Å². The van der Waals surface area contributed by atoms with E-state index in [1.165, 1.54) is 10.6 Å². The summed E-state index contributed by atoms with van der Waals surface area (Å²) < 4.78 is 30.8. The molecule has 1 amide bonds. The average molecular weight is 381 g/mol. The molecule has 1 atom stereocenters. The van der Waals surface area contributed by atoms with Crippen LogP contribution in [0.3, 0.4) is 0 Å². The van der Waals surface area contributed by atoms with Crippen LogP contribution >= 0.6 is 0 Å². The van der Waals surface area contributed by atoms with Crippen molar-refractivity contribution < 1.29 is 17.9 Å². The summed E-state index contributed by atoms with van der Waals surface area (Å²) in [5.41, 5.74) is 0. The topological polar surface area (TPSA) is 70.2 Å². The zero-order valence-corrected chi connectivity index (χ0v) is 16.0. The molecule has 2 aliphatic heterocycles. The van der Waals surface area contributed by atoms with Gasteiger partial charge in [0.25, 0.3) is 0 Å². The Kier molecular flexibility index (Phi) is 6.16. The molecule has 2 fully saturated rings. The van der Waals surface area contributed by atoms with Gasteiger partial charge in [0.1, 0.15) is 18.4 Å². The maximum Gasteiger partial charge on any atom is 0.241 e. The van der Waals surface area contributed by atoms with E-state index in [2.05, 4.69) is 4.90 Å². The zero-order chi connectivity index (χ0) is 18.6. The van der Waals surface area contributed by atoms with Gasteiger partial charge in [0.15, 0.2) is 0 Å². The third kappa shape index (κ3) is 4.75. The number of ether oxygens (including phenoxy) is 1. The summed E-state index contributed by atoms with van der Waals surface area (Å²) in [5, 5.41) is 0. The molecular formula is C18H27N3O4S. The van der Waals surface area contributed by atoms with Crippen LogP contribution in [0.2, 0.25) is 0 Å². The lowest BCUT2D eigenvalue weighted by Gasteiger charge is -2.36. The summed E-state index contributed by atoms with van der Waals surface area (Å²) >= 11 is 0. The summed E-state index contributed by atoms with van der Waals surface area (Å²) in [6, 6.07) is 9.21. The Balaban J connectivity index is 1.44. The molecule has 2 saturated heterocycles. The molecule has 0 saturated carbocycles. The molecule has 3 rings (SSSR count). The van der Waals surface area contributed by atoms with Crippen LogP contribution in [0.25, 0.3) is 0 Å². The Morgan fingerprint density at radius 2 is 1.81 bits per heavy atom. The summed E-state index contributed by atoms with van der Waals surface area (Å²) in [4.78, 5) is 16.8. The molecule has 1 unspecified atom stereocenters. The third-order valence-electron chi connectivity index (χ3n) is 5.02. The van der Waals surface area contributed by atoms with Crippen molar-refractivity contribution in [3.63, 3.8) is 0 Å². The molecule has 0 spiro atoms. The second kappa shape index (κ2) is 8.37. The Morgan fingerprint density at radius 1 is 1.12 bits per heavy atom. The van der Waals surface area contributed by atoms with Crippen LogP contribution < -0.4 is 4.74 Å². The van der Waals surface area contributed by atoms with E-state index < -0.39 is 16.1 Å². The van der Waals surface area contributed by atoms with Crippen molar-refractivity contribution in [3.8, 4) is 5.75 Å². The van der Waals surface area contributed by atoms with Gasteiger partial charge in [0.2, 0.25) is 15.9 Å². The number of para-hydroxylation sites is 1. The summed E-state index contributed by atoms with van der Waals surface area (Å²) in [6.45, 7) is 4.73. The van der Waals surface area contributed by atoms with E-state index in [-0.39, 0.29) is 5.91 Å². The fraction of sp³-hybridized carbons (Fsp3) is 0.611. The number of sulfonamides is 1. The first-order valence-corrected chi connectivity index (χ1v) is 11.0. The van der Waals surface area contributed by atoms with Gasteiger partial charge in [-0.25, -0.2) is 8.42 Å². The first-order valence-electron chi connectivity index (χ1n) is 9.11. The van der Waals surface area contributed by atoms with Gasteiger partial charge in [0, 0.05) is 39.3 Å². The fourth-order valence-electron chi connectivity index (χ4n) is 3.60. The molecule has 144 valence electrons. The lowest BCUT2D eigenvalue weighted by atomic mass is 10.2. The van der Waals surface area contributed by atoms with Gasteiger partial charge in [0.05, 0.1) is 6.26 Å². The van der Waals surface area contributed by atoms with Crippen LogP contribution in [0.15, 0.2) is 30.3 Å². The number of nitrogens with zero attached hydrogens (tertiary/aromatic N) is 3. The normalized spacial score (nSPS) is 22.5. The van der Waals surface area contributed by atoms with Crippen LogP contribution in [-0.4, -0.2) is 86.6 Å². The summed E-state index contributed by atoms with van der Waals surface area (Å²) in [6.07, 6.45) is 2.56. The number of hydrogen-bond acceptors (Lipinski definition) is 5. The number of benzene rings is 1. The smallest absolute Gasteiger partial charge is 0.241 e. The number of carbonyl (C=O) groups is 1. The molecule has 1 aromatic carbocycles. The first kappa shape index (κ1) is 19.1. The molecule has 2 heterocycles. The van der Waals surface area contributed by atoms with Crippen molar-refractivity contribution in [2.24, 2.45) is 0 Å². The van der Waals surface area contributed by atoms with Crippen molar-refractivity contribution >= 4 is 15.9 Å². The zero-order valence-electron chi connectivity index (χ0n) is 15.2. The minimum atomic E-state index is -3.33. The maximum absolute atomic E-state index is 12.7. The van der Waals surface area contributed by atoms with Crippen molar-refractivity contribution in [3.05, 3.63) is 30.3 Å². The fourth-order valence-corrected chi connectivity index (χ4v) is 4.71. The van der Waals surface area contributed by atoms with E-state index in [1.807, 2.05) is 35.2 Å². The summed E-state index contributed by atoms with van der Waals surface area (Å²) in [5.74, 6) is 0.816. The highest BCUT2D eigenvalue weighted by Gasteiger charge is 2.39. The van der Waals surface area contributed by atoms with Crippen molar-refractivity contribution in [2.45, 2.75) is 18.9 Å². The first-order chi connectivity index (χ1) is 12.4. The van der Waals surface area contributed by atoms with Gasteiger partial charge in [-0.2, -0.15) is 4.31 Å². The van der Waals surface area contributed by atoms with Gasteiger partial charge in [-0.3, -0.25) is 9.69 Å². The minimum Gasteiger partial charge on any atom is -0.492 e. The third-order valence-corrected chi connectivity index (χ3v) is 6.31. The predicted molar refractivity (Wildman–Crippen MR) is 99.5 cm³/mol. The molecule has 26 heavy (non-hydrogen) atoms. The molecule has 0 bridgehead atoms. The second-order valence-corrected chi connectivity index (χ2v) is 8.80. The van der Waals surface area contributed by atoms with Gasteiger partial charge >= 0.3 is 0 Å². The van der Waals surface area contributed by atoms with Gasteiger partial charge in [-0.05, 0) is 25.0 Å². The van der Waals surface area contributed by atoms with Crippen LogP contribution in [0.4, 0.5) is 0 Å². The minimum absolute atomic E-state index is 0.0480. The summed E-state index contributed by atoms with van der Waals surface area (Å²) in [7, 11) is -3.33. The van der Waals surface area contributed by atoms with E-state index in [0.29, 0.717) is 32.7 Å². The highest BCUT2D eigenvalue weighted by atomic mass is 32.2. The molecule has 7 nitrogen and oxygen atoms in total. The molecule has 0 radical (unpaired) electrons. The van der Waals surface area contributed by atoms with E-state index in [0.717, 1.165) is 31.8 Å². The second-order valence-electron chi connectivity index (χ2n) is 6.86. The number of amides is 1. The van der Waals surface area contributed by atoms with Crippen LogP contribution in [0.5, 0.6) is 5.75 Å². The molecule has 0 N–H and O–H groups in total. The molecule has 0 aromatic heterocycles. The molecule has 2 aliphatic rings. The van der Waals surface area contributed by atoms with Crippen LogP contribution in [-0.2, 0) is 14.8 Å². The van der Waals surface area contributed by atoms with E-state index >= 15 is 0 Å². The van der Waals surface area contributed by atoms with E-state index in [1.54, 1.807) is 0 Å². The number of hydrogen-bond donors (Lipinski definition) is 0. The Hall–Kier alpha value is -1.64. The average Bonchev–Trinajstić information content (AvgIpc) is 3.13. The molecule has 1 aromatic rings. The highest BCUT2D eigenvalue weighted by Crippen LogP contribution is 2.22. The van der Waals surface area contributed by atoms with Crippen molar-refractivity contribution in [1.29, 1.82) is 0 Å². The Bertz CT molecular complexity index is 702. The molecular weight excluding hydrogens is 354 g/mol. The number of piperazine rings is 1. The van der Waals surface area contributed by atoms with Crippen LogP contribution in [0.1, 0.15) is 12.8 Å². The molecule has 0 aliphatic carbocycles. The van der Waals surface area contributed by atoms with E-state index in [4.69, 9.17) is 4.74 Å². The van der Waals surface area contributed by atoms with Crippen molar-refractivity contribution in [2.75, 3.05) is 52.1 Å². The SMILES string of the molecule is CS(=O)(=O)N1CCCC1C(=O)N1CCN(CCOc2ccccc2)CC1. The standard InChI is InChI=1S/C18H27N3O4S/c1-26(23,24)21-9-5-8-17(21)18(22)20-12-10-19(11-13-20)14-15-25-16-6-3-2-4-7-16/h2-4,6-7,17H,5,8-15H2,1H3. The maximum atomic E-state index is 12.7. The number of carbonyl (C=O) groups excluding carboxylic acids is 1. The highest BCUT2D eigenvalue weighted by molar-refractivity contribution is 7.88. The lowest BCUT2D eigenvalue weighted by Crippen LogP contribution is -2.54. The van der Waals surface area contributed by atoms with Gasteiger partial charge < -0.3 is 9.64 Å². The largest absolute Gasteiger partial charge is 0.492 e. The monoisotopic (exact) mass is 381 g/mol. The van der Waals surface area contributed by atoms with Gasteiger partial charge in [-0.15, -0.1) is 0 Å². The number of rotatable bonds is 6. The van der Waals surface area contributed by atoms with E-state index in [9.17, 15) is 13.2 Å². The Labute approximate surface area is 155 Å². The lowest BCUT2D eigenvalue weighted by molar-refractivity contribution is -0.136. The van der Waals surface area contributed by atoms with Gasteiger partial charge in [-0.1, -0.05) is 18.2 Å². The van der Waals surface area contributed by atoms with Crippen molar-refractivity contribution in [1.82, 2.24) is 14.1 Å². The quantitative estimate of drug-likeness (QED) is 0.723. The predicted octanol–water partition coefficient (Wildman–Crippen LogP) is 0.634. The Morgan fingerprint density at radius 3 is 2.46 bits per heavy atom.